The van der Waals surface area contributed by atoms with Crippen molar-refractivity contribution in [3.8, 4) is 11.8 Å². The molecule has 1 aliphatic carbocycles. The third-order valence-electron chi connectivity index (χ3n) is 3.88. The Hall–Kier alpha value is -2.47. The third kappa shape index (κ3) is 2.26. The Morgan fingerprint density at radius 2 is 1.88 bits per heavy atom. The fourth-order valence-corrected chi connectivity index (χ4v) is 2.79. The maximum Gasteiger partial charge on any atom is 0.418 e. The molecule has 1 aromatic heterocycles. The quantitative estimate of drug-likeness (QED) is 0.796. The molecule has 126 valence electrons. The second kappa shape index (κ2) is 5.27. The highest BCUT2D eigenvalue weighted by Gasteiger charge is 2.50. The first-order valence-corrected chi connectivity index (χ1v) is 6.65. The molecule has 1 aromatic carbocycles. The van der Waals surface area contributed by atoms with E-state index in [-0.39, 0.29) is 5.69 Å². The van der Waals surface area contributed by atoms with E-state index in [4.69, 9.17) is 5.26 Å². The van der Waals surface area contributed by atoms with Gasteiger partial charge in [0.1, 0.15) is 18.0 Å². The molecule has 0 spiro atoms. The summed E-state index contributed by atoms with van der Waals surface area (Å²) in [6, 6.07) is 4.29. The van der Waals surface area contributed by atoms with Crippen molar-refractivity contribution in [2.75, 3.05) is 0 Å². The van der Waals surface area contributed by atoms with Gasteiger partial charge in [0.2, 0.25) is 0 Å². The van der Waals surface area contributed by atoms with Crippen molar-refractivity contribution in [2.24, 2.45) is 0 Å². The Labute approximate surface area is 131 Å². The number of nitriles is 1. The smallest absolute Gasteiger partial charge is 0.385 e. The summed E-state index contributed by atoms with van der Waals surface area (Å²) in [4.78, 5) is 0. The van der Waals surface area contributed by atoms with Crippen LogP contribution in [0.2, 0.25) is 0 Å². The van der Waals surface area contributed by atoms with Crippen molar-refractivity contribution in [3.05, 3.63) is 52.6 Å². The number of halogens is 6. The predicted molar refractivity (Wildman–Crippen MR) is 69.1 cm³/mol. The van der Waals surface area contributed by atoms with E-state index in [9.17, 15) is 31.4 Å². The van der Waals surface area contributed by atoms with E-state index in [1.54, 1.807) is 0 Å². The van der Waals surface area contributed by atoms with Gasteiger partial charge >= 0.3 is 6.18 Å². The summed E-state index contributed by atoms with van der Waals surface area (Å²) < 4.78 is 81.2. The van der Waals surface area contributed by atoms with Gasteiger partial charge in [0, 0.05) is 17.4 Å². The van der Waals surface area contributed by atoms with Gasteiger partial charge in [-0.05, 0) is 18.2 Å². The lowest BCUT2D eigenvalue weighted by Crippen LogP contribution is -2.15. The summed E-state index contributed by atoms with van der Waals surface area (Å²) in [6.07, 6.45) is -11.7. The van der Waals surface area contributed by atoms with Crippen LogP contribution in [-0.2, 0) is 6.18 Å². The molecule has 3 atom stereocenters. The average Bonchev–Trinajstić information content (AvgIpc) is 3.01. The minimum atomic E-state index is -4.95. The number of hydrogen-bond acceptors (Lipinski definition) is 2. The molecule has 0 aliphatic heterocycles. The van der Waals surface area contributed by atoms with Gasteiger partial charge in [-0.2, -0.15) is 18.4 Å². The molecule has 1 heterocycles. The first kappa shape index (κ1) is 16.4. The van der Waals surface area contributed by atoms with Gasteiger partial charge in [-0.1, -0.05) is 0 Å². The van der Waals surface area contributed by atoms with E-state index in [1.165, 1.54) is 6.07 Å². The Bertz CT molecular complexity index is 851. The molecule has 3 rings (SSSR count). The van der Waals surface area contributed by atoms with Crippen molar-refractivity contribution in [1.82, 2.24) is 4.57 Å². The first-order chi connectivity index (χ1) is 11.2. The van der Waals surface area contributed by atoms with Crippen LogP contribution in [0, 0.1) is 17.1 Å². The molecular weight excluding hydrogens is 338 g/mol. The highest BCUT2D eigenvalue weighted by Crippen LogP contribution is 2.50. The summed E-state index contributed by atoms with van der Waals surface area (Å²) >= 11 is 0. The van der Waals surface area contributed by atoms with Gasteiger partial charge in [-0.25, -0.2) is 13.2 Å². The topological polar surface area (TPSA) is 49.0 Å². The van der Waals surface area contributed by atoms with Crippen LogP contribution in [0.15, 0.2) is 24.4 Å². The molecule has 2 aromatic rings. The van der Waals surface area contributed by atoms with Gasteiger partial charge in [-0.15, -0.1) is 0 Å². The van der Waals surface area contributed by atoms with Crippen LogP contribution in [0.25, 0.3) is 5.69 Å². The van der Waals surface area contributed by atoms with Gasteiger partial charge < -0.3 is 9.67 Å². The zero-order valence-electron chi connectivity index (χ0n) is 11.7. The van der Waals surface area contributed by atoms with E-state index >= 15 is 0 Å². The number of aliphatic hydroxyl groups is 1. The number of fused-ring (bicyclic) bond motifs is 1. The van der Waals surface area contributed by atoms with Gasteiger partial charge in [0.05, 0.1) is 16.8 Å². The Kier molecular flexibility index (Phi) is 3.60. The molecular formula is C15H8F6N2O. The van der Waals surface area contributed by atoms with Crippen molar-refractivity contribution >= 4 is 0 Å². The van der Waals surface area contributed by atoms with E-state index in [2.05, 4.69) is 0 Å². The summed E-state index contributed by atoms with van der Waals surface area (Å²) in [5, 5.41) is 18.4. The second-order valence-corrected chi connectivity index (χ2v) is 5.28. The lowest BCUT2D eigenvalue weighted by atomic mass is 10.1. The predicted octanol–water partition coefficient (Wildman–Crippen LogP) is 3.90. The average molecular weight is 346 g/mol. The Morgan fingerprint density at radius 1 is 1.21 bits per heavy atom. The number of alkyl halides is 5. The normalized spacial score (nSPS) is 23.2. The SMILES string of the molecule is N#Cc1cc(-n2cc(C(F)(F)F)c3c2[C@H](F)[C@@H](F)[C@@H]3O)ccc1F. The van der Waals surface area contributed by atoms with Crippen LogP contribution in [0.4, 0.5) is 26.3 Å². The summed E-state index contributed by atoms with van der Waals surface area (Å²) in [5.74, 6) is -0.902. The van der Waals surface area contributed by atoms with Crippen LogP contribution in [0.5, 0.6) is 0 Å². The zero-order valence-corrected chi connectivity index (χ0v) is 11.7. The highest BCUT2D eigenvalue weighted by atomic mass is 19.4. The molecule has 9 heteroatoms. The lowest BCUT2D eigenvalue weighted by Gasteiger charge is -2.13. The van der Waals surface area contributed by atoms with Crippen molar-refractivity contribution in [3.63, 3.8) is 0 Å². The monoisotopic (exact) mass is 346 g/mol. The molecule has 0 fully saturated rings. The third-order valence-corrected chi connectivity index (χ3v) is 3.88. The van der Waals surface area contributed by atoms with Crippen molar-refractivity contribution < 1.29 is 31.4 Å². The molecule has 0 bridgehead atoms. The minimum absolute atomic E-state index is 0.149. The standard InChI is InChI=1S/C15H8F6N2O/c16-9-2-1-7(3-6(9)4-22)23-5-8(15(19,20)21)10-13(23)11(17)12(18)14(10)24/h1-3,5,11-12,14,24H/t11-,12-,14-/m1/s1. The fraction of sp³-hybridized carbons (Fsp3) is 0.267. The largest absolute Gasteiger partial charge is 0.418 e. The van der Waals surface area contributed by atoms with Crippen LogP contribution in [0.1, 0.15) is 34.7 Å². The molecule has 3 nitrogen and oxygen atoms in total. The molecule has 0 saturated carbocycles. The molecule has 0 amide bonds. The number of benzene rings is 1. The van der Waals surface area contributed by atoms with Crippen molar-refractivity contribution in [2.45, 2.75) is 24.6 Å². The van der Waals surface area contributed by atoms with E-state index < -0.39 is 52.8 Å². The number of aromatic nitrogens is 1. The number of hydrogen-bond donors (Lipinski definition) is 1. The minimum Gasteiger partial charge on any atom is -0.385 e. The van der Waals surface area contributed by atoms with Crippen molar-refractivity contribution in [1.29, 1.82) is 5.26 Å². The highest BCUT2D eigenvalue weighted by molar-refractivity contribution is 5.51. The fourth-order valence-electron chi connectivity index (χ4n) is 2.79. The summed E-state index contributed by atoms with van der Waals surface area (Å²) in [7, 11) is 0. The first-order valence-electron chi connectivity index (χ1n) is 6.65. The molecule has 24 heavy (non-hydrogen) atoms. The molecule has 0 unspecified atom stereocenters. The van der Waals surface area contributed by atoms with Crippen LogP contribution in [-0.4, -0.2) is 15.8 Å². The summed E-state index contributed by atoms with van der Waals surface area (Å²) in [6.45, 7) is 0. The Morgan fingerprint density at radius 3 is 2.46 bits per heavy atom. The number of rotatable bonds is 1. The molecule has 1 aliphatic rings. The summed E-state index contributed by atoms with van der Waals surface area (Å²) in [5.41, 5.74) is -3.57. The van der Waals surface area contributed by atoms with Gasteiger partial charge in [0.25, 0.3) is 0 Å². The van der Waals surface area contributed by atoms with E-state index in [0.29, 0.717) is 10.8 Å². The molecule has 1 N–H and O–H groups in total. The molecule has 0 radical (unpaired) electrons. The second-order valence-electron chi connectivity index (χ2n) is 5.28. The van der Waals surface area contributed by atoms with Crippen LogP contribution in [0.3, 0.4) is 0 Å². The zero-order chi connectivity index (χ0) is 17.8. The van der Waals surface area contributed by atoms with E-state index in [1.807, 2.05) is 0 Å². The van der Waals surface area contributed by atoms with Gasteiger partial charge in [-0.3, -0.25) is 0 Å². The van der Waals surface area contributed by atoms with Gasteiger partial charge in [0.15, 0.2) is 12.3 Å². The van der Waals surface area contributed by atoms with Crippen LogP contribution < -0.4 is 0 Å². The maximum absolute atomic E-state index is 14.1. The number of nitrogens with zero attached hydrogens (tertiary/aromatic N) is 2. The Balaban J connectivity index is 2.28. The van der Waals surface area contributed by atoms with E-state index in [0.717, 1.165) is 18.2 Å². The maximum atomic E-state index is 14.1. The number of aliphatic hydroxyl groups excluding tert-OH is 1. The molecule has 0 saturated heterocycles. The lowest BCUT2D eigenvalue weighted by molar-refractivity contribution is -0.139. The van der Waals surface area contributed by atoms with Crippen LogP contribution >= 0.6 is 0 Å².